The average molecular weight is 809 g/mol. The highest BCUT2D eigenvalue weighted by atomic mass is 32.2. The largest absolute Gasteiger partial charge is 0.504 e. The average Bonchev–Trinajstić information content (AvgIpc) is 3.79. The molecule has 1 atom stereocenters. The van der Waals surface area contributed by atoms with Crippen molar-refractivity contribution in [3.8, 4) is 11.5 Å². The van der Waals surface area contributed by atoms with Gasteiger partial charge in [0, 0.05) is 55.3 Å². The van der Waals surface area contributed by atoms with Crippen LogP contribution in [0, 0.1) is 0 Å². The van der Waals surface area contributed by atoms with Crippen LogP contribution in [0.2, 0.25) is 0 Å². The number of amides is 1. The Morgan fingerprint density at radius 2 is 1.73 bits per heavy atom. The summed E-state index contributed by atoms with van der Waals surface area (Å²) in [6.07, 6.45) is 4.16. The molecule has 1 unspecified atom stereocenters. The first-order valence-corrected chi connectivity index (χ1v) is 18.6. The lowest BCUT2D eigenvalue weighted by Gasteiger charge is -2.45. The van der Waals surface area contributed by atoms with Crippen LogP contribution in [0.15, 0.2) is 44.9 Å². The molecule has 5 heterocycles. The lowest BCUT2D eigenvalue weighted by atomic mass is 10.1. The number of phenols is 2. The molecule has 55 heavy (non-hydrogen) atoms. The molecule has 1 amide bonds. The smallest absolute Gasteiger partial charge is 0.352 e. The van der Waals surface area contributed by atoms with Crippen LogP contribution in [0.3, 0.4) is 0 Å². The number of fused-ring (bicyclic) bond motifs is 2. The highest BCUT2D eigenvalue weighted by Gasteiger charge is 2.47. The predicted octanol–water partition coefficient (Wildman–Crippen LogP) is 2.18. The third kappa shape index (κ3) is 11.9. The van der Waals surface area contributed by atoms with E-state index in [1.165, 1.54) is 28.4 Å². The summed E-state index contributed by atoms with van der Waals surface area (Å²) in [4.78, 5) is 73.1. The topological polar surface area (TPSA) is 298 Å². The summed E-state index contributed by atoms with van der Waals surface area (Å²) in [5.41, 5.74) is 13.3. The Kier molecular flexibility index (Phi) is 17.6. The quantitative estimate of drug-likeness (QED) is 0.0310. The number of rotatable bonds is 9. The summed E-state index contributed by atoms with van der Waals surface area (Å²) >= 11 is 2.92. The normalized spacial score (nSPS) is 16.6. The fourth-order valence-electron chi connectivity index (χ4n) is 6.18. The van der Waals surface area contributed by atoms with Gasteiger partial charge in [0.25, 0.3) is 12.4 Å². The van der Waals surface area contributed by atoms with Crippen molar-refractivity contribution in [3.05, 3.63) is 56.5 Å². The van der Waals surface area contributed by atoms with Gasteiger partial charge in [-0.2, -0.15) is 0 Å². The highest BCUT2D eigenvalue weighted by Crippen LogP contribution is 2.41. The van der Waals surface area contributed by atoms with Gasteiger partial charge in [0.15, 0.2) is 27.9 Å². The SMILES string of the molecule is C=O.CC(=O)O.CCO/N=C(\N)c1csc(N)n1.CCn1cc(C[N+]2(CC3=C(C(=O)O)N4C(=O)CC4SC3)CCCC2)c(=O)c2cc(O)c(O)cc21.O=CO. The standard InChI is InChI=1S/C24H27N3O6S.C6H10N4OS.C2H4O2.CH2O2.CH2O/c1-2-25-10-14(23(31)16-7-18(28)19(29)8-17(16)25)11-27(5-3-4-6-27)12-15-13-34-21-9-20(30)26(21)22(15)24(32)33;1-2-11-10-5(7)4-3-12-6(8)9-4;1-2(3)4;2-1-3;1-2/h7-8,10,21H,2-6,9,11-13H2,1H3,(H2-,28,29,31,32,33);3H,2H2,1H3,(H2,7,10)(H2,8,9);1H3,(H,3,4);1H,(H,2,3);1H2/p+1. The minimum absolute atomic E-state index is 0.0873. The van der Waals surface area contributed by atoms with E-state index in [2.05, 4.69) is 10.1 Å². The van der Waals surface area contributed by atoms with Gasteiger partial charge < -0.3 is 55.7 Å². The number of aromatic nitrogens is 2. The van der Waals surface area contributed by atoms with E-state index in [9.17, 15) is 29.7 Å². The van der Waals surface area contributed by atoms with Gasteiger partial charge in [-0.25, -0.2) is 9.78 Å². The molecule has 9 N–H and O–H groups in total. The van der Waals surface area contributed by atoms with Gasteiger partial charge in [-0.05, 0) is 19.9 Å². The molecule has 2 saturated heterocycles. The minimum Gasteiger partial charge on any atom is -0.504 e. The second-order valence-corrected chi connectivity index (χ2v) is 14.1. The molecule has 0 radical (unpaired) electrons. The second kappa shape index (κ2) is 21.3. The summed E-state index contributed by atoms with van der Waals surface area (Å²) in [5, 5.41) is 50.2. The first-order valence-electron chi connectivity index (χ1n) is 16.7. The van der Waals surface area contributed by atoms with Crippen LogP contribution in [0.5, 0.6) is 11.5 Å². The van der Waals surface area contributed by atoms with Gasteiger partial charge in [0.1, 0.15) is 37.9 Å². The van der Waals surface area contributed by atoms with E-state index in [-0.39, 0.29) is 46.2 Å². The summed E-state index contributed by atoms with van der Waals surface area (Å²) in [5.74, 6) is -1.83. The first-order chi connectivity index (χ1) is 26.1. The van der Waals surface area contributed by atoms with Crippen molar-refractivity contribution in [3.63, 3.8) is 0 Å². The zero-order valence-corrected chi connectivity index (χ0v) is 32.2. The van der Waals surface area contributed by atoms with E-state index < -0.39 is 11.9 Å². The third-order valence-corrected chi connectivity index (χ3v) is 10.3. The van der Waals surface area contributed by atoms with E-state index in [1.54, 1.807) is 17.1 Å². The maximum atomic E-state index is 13.4. The Labute approximate surface area is 323 Å². The molecule has 3 aromatic rings. The summed E-state index contributed by atoms with van der Waals surface area (Å²) < 4.78 is 2.45. The number of anilines is 1. The molecular weight excluding hydrogens is 763 g/mol. The number of aryl methyl sites for hydroxylation is 1. The van der Waals surface area contributed by atoms with E-state index in [0.29, 0.717) is 70.2 Å². The van der Waals surface area contributed by atoms with Gasteiger partial charge in [-0.3, -0.25) is 24.1 Å². The molecule has 19 nitrogen and oxygen atoms in total. The number of aromatic hydroxyl groups is 2. The number of thiazole rings is 1. The number of carboxylic acid groups (broad SMARTS) is 3. The van der Waals surface area contributed by atoms with E-state index in [4.69, 9.17) is 40.9 Å². The molecule has 6 rings (SSSR count). The van der Waals surface area contributed by atoms with Crippen molar-refractivity contribution in [2.24, 2.45) is 10.9 Å². The Balaban J connectivity index is 0.000000412. The van der Waals surface area contributed by atoms with Gasteiger partial charge in [0.05, 0.1) is 41.4 Å². The molecule has 0 bridgehead atoms. The number of hydrogen-bond acceptors (Lipinski definition) is 14. The van der Waals surface area contributed by atoms with Crippen molar-refractivity contribution in [1.82, 2.24) is 14.5 Å². The lowest BCUT2D eigenvalue weighted by molar-refractivity contribution is -0.925. The molecular formula is C34H46N7O12S2+. The number of likely N-dealkylation sites (tertiary alicyclic amines) is 1. The highest BCUT2D eigenvalue weighted by molar-refractivity contribution is 8.00. The molecule has 0 saturated carbocycles. The van der Waals surface area contributed by atoms with Crippen molar-refractivity contribution in [1.29, 1.82) is 0 Å². The number of quaternary nitrogens is 1. The molecule has 3 aliphatic heterocycles. The first kappa shape index (κ1) is 45.5. The zero-order chi connectivity index (χ0) is 41.5. The molecule has 3 aliphatic rings. The second-order valence-electron chi connectivity index (χ2n) is 12.0. The number of aliphatic carboxylic acids is 2. The molecule has 300 valence electrons. The van der Waals surface area contributed by atoms with Crippen LogP contribution < -0.4 is 16.9 Å². The van der Waals surface area contributed by atoms with Crippen LogP contribution in [-0.4, -0.2) is 119 Å². The van der Waals surface area contributed by atoms with Crippen molar-refractivity contribution >= 4 is 76.1 Å². The van der Waals surface area contributed by atoms with Gasteiger partial charge >= 0.3 is 5.97 Å². The molecule has 0 aliphatic carbocycles. The molecule has 0 spiro atoms. The van der Waals surface area contributed by atoms with Crippen molar-refractivity contribution in [2.75, 3.05) is 37.7 Å². The third-order valence-electron chi connectivity index (χ3n) is 8.35. The number of pyridine rings is 1. The fourth-order valence-corrected chi connectivity index (χ4v) is 7.99. The Bertz CT molecular complexity index is 1950. The Hall–Kier alpha value is -5.67. The summed E-state index contributed by atoms with van der Waals surface area (Å²) in [6, 6.07) is 2.72. The predicted molar refractivity (Wildman–Crippen MR) is 205 cm³/mol. The number of amidine groups is 1. The number of β-lactam (4-membered cyclic amide) rings is 1. The molecule has 2 aromatic heterocycles. The van der Waals surface area contributed by atoms with Crippen LogP contribution in [0.25, 0.3) is 10.9 Å². The monoisotopic (exact) mass is 808 g/mol. The molecule has 1 aromatic carbocycles. The lowest BCUT2D eigenvalue weighted by Crippen LogP contribution is -2.56. The number of carbonyl (C=O) groups is 5. The van der Waals surface area contributed by atoms with E-state index >= 15 is 0 Å². The maximum absolute atomic E-state index is 13.4. The van der Waals surface area contributed by atoms with Gasteiger partial charge in [-0.1, -0.05) is 5.16 Å². The van der Waals surface area contributed by atoms with Crippen molar-refractivity contribution < 1.29 is 58.8 Å². The van der Waals surface area contributed by atoms with Crippen LogP contribution in [0.1, 0.15) is 51.3 Å². The number of nitrogens with two attached hydrogens (primary N) is 2. The zero-order valence-electron chi connectivity index (χ0n) is 30.5. The van der Waals surface area contributed by atoms with E-state index in [0.717, 1.165) is 38.4 Å². The number of thioether (sulfide) groups is 1. The van der Waals surface area contributed by atoms with Crippen LogP contribution in [-0.2, 0) is 41.9 Å². The number of oxime groups is 1. The fraction of sp³-hybridized carbons (Fsp3) is 0.412. The molecule has 21 heteroatoms. The Morgan fingerprint density at radius 3 is 2.24 bits per heavy atom. The number of phenolic OH excluding ortho intramolecular Hbond substituents is 2. The number of hydrogen-bond donors (Lipinski definition) is 7. The van der Waals surface area contributed by atoms with Crippen molar-refractivity contribution in [2.45, 2.75) is 58.5 Å². The van der Waals surface area contributed by atoms with E-state index in [1.807, 2.05) is 31.4 Å². The number of carboxylic acids is 2. The summed E-state index contributed by atoms with van der Waals surface area (Å²) in [7, 11) is 0. The maximum Gasteiger partial charge on any atom is 0.352 e. The number of benzene rings is 1. The van der Waals surface area contributed by atoms with Crippen LogP contribution >= 0.6 is 23.1 Å². The van der Waals surface area contributed by atoms with Gasteiger partial charge in [-0.15, -0.1) is 23.1 Å². The van der Waals surface area contributed by atoms with Crippen LogP contribution in [0.4, 0.5) is 5.13 Å². The molecule has 2 fully saturated rings. The number of nitrogen functional groups attached to an aromatic ring is 1. The number of nitrogens with zero attached hydrogens (tertiary/aromatic N) is 5. The minimum atomic E-state index is -1.07. The Morgan fingerprint density at radius 1 is 1.13 bits per heavy atom. The van der Waals surface area contributed by atoms with Gasteiger partial charge in [0.2, 0.25) is 5.91 Å². The number of carbonyl (C=O) groups excluding carboxylic acids is 2. The summed E-state index contributed by atoms with van der Waals surface area (Å²) in [6.45, 7) is 10.2.